The summed E-state index contributed by atoms with van der Waals surface area (Å²) < 4.78 is 7.84. The highest BCUT2D eigenvalue weighted by molar-refractivity contribution is 6.10. The molecule has 1 N–H and O–H groups in total. The minimum absolute atomic E-state index is 0.0208. The second-order valence-electron chi connectivity index (χ2n) is 9.02. The fourth-order valence-corrected chi connectivity index (χ4v) is 5.19. The maximum absolute atomic E-state index is 13.0. The fraction of sp³-hybridized carbons (Fsp3) is 0.462. The molecule has 33 heavy (non-hydrogen) atoms. The first-order valence-electron chi connectivity index (χ1n) is 12.0. The molecule has 2 unspecified atom stereocenters. The summed E-state index contributed by atoms with van der Waals surface area (Å²) in [4.78, 5) is 29.6. The van der Waals surface area contributed by atoms with Crippen LogP contribution in [0.25, 0.3) is 21.8 Å². The summed E-state index contributed by atoms with van der Waals surface area (Å²) in [7, 11) is 0. The van der Waals surface area contributed by atoms with Crippen LogP contribution in [0.2, 0.25) is 0 Å². The number of rotatable bonds is 5. The molecule has 5 rings (SSSR count). The third-order valence-corrected chi connectivity index (χ3v) is 7.11. The maximum Gasteiger partial charge on any atom is 0.251 e. The number of nitrogens with one attached hydrogen (secondary N) is 1. The lowest BCUT2D eigenvalue weighted by Crippen LogP contribution is -2.55. The SMILES string of the molecule is CCn1c2ccccc2c2cc(NC(=O)C(C)N3CCN(C(=O)C4CCCO4)CC3)ccc21. The number of anilines is 1. The van der Waals surface area contributed by atoms with Gasteiger partial charge in [-0.15, -0.1) is 0 Å². The van der Waals surface area contributed by atoms with E-state index in [0.29, 0.717) is 32.8 Å². The minimum atomic E-state index is -0.272. The average Bonchev–Trinajstić information content (AvgIpc) is 3.49. The van der Waals surface area contributed by atoms with Crippen molar-refractivity contribution < 1.29 is 14.3 Å². The van der Waals surface area contributed by atoms with Gasteiger partial charge in [0.15, 0.2) is 0 Å². The smallest absolute Gasteiger partial charge is 0.251 e. The van der Waals surface area contributed by atoms with Gasteiger partial charge in [0, 0.05) is 66.8 Å². The zero-order chi connectivity index (χ0) is 22.9. The minimum Gasteiger partial charge on any atom is -0.368 e. The first kappa shape index (κ1) is 21.9. The fourth-order valence-electron chi connectivity index (χ4n) is 5.19. The van der Waals surface area contributed by atoms with Gasteiger partial charge in [0.05, 0.1) is 6.04 Å². The van der Waals surface area contributed by atoms with E-state index < -0.39 is 0 Å². The molecule has 174 valence electrons. The third kappa shape index (κ3) is 4.11. The number of benzene rings is 2. The lowest BCUT2D eigenvalue weighted by Gasteiger charge is -2.38. The molecular weight excluding hydrogens is 416 g/mol. The summed E-state index contributed by atoms with van der Waals surface area (Å²) in [6.07, 6.45) is 1.50. The van der Waals surface area contributed by atoms with Gasteiger partial charge >= 0.3 is 0 Å². The van der Waals surface area contributed by atoms with Crippen molar-refractivity contribution in [2.24, 2.45) is 0 Å². The number of hydrogen-bond donors (Lipinski definition) is 1. The predicted molar refractivity (Wildman–Crippen MR) is 130 cm³/mol. The Balaban J connectivity index is 1.25. The number of carbonyl (C=O) groups is 2. The van der Waals surface area contributed by atoms with E-state index in [2.05, 4.69) is 58.1 Å². The van der Waals surface area contributed by atoms with Crippen molar-refractivity contribution in [1.82, 2.24) is 14.4 Å². The summed E-state index contributed by atoms with van der Waals surface area (Å²) >= 11 is 0. The summed E-state index contributed by atoms with van der Waals surface area (Å²) in [5.41, 5.74) is 3.20. The molecule has 0 aliphatic carbocycles. The van der Waals surface area contributed by atoms with E-state index in [0.717, 1.165) is 30.5 Å². The van der Waals surface area contributed by atoms with E-state index in [1.54, 1.807) is 0 Å². The molecule has 2 fully saturated rings. The van der Waals surface area contributed by atoms with Crippen molar-refractivity contribution in [1.29, 1.82) is 0 Å². The Bertz CT molecular complexity index is 1170. The van der Waals surface area contributed by atoms with E-state index in [4.69, 9.17) is 4.74 Å². The second kappa shape index (κ2) is 9.15. The highest BCUT2D eigenvalue weighted by Gasteiger charge is 2.32. The molecule has 2 aliphatic heterocycles. The quantitative estimate of drug-likeness (QED) is 0.649. The summed E-state index contributed by atoms with van der Waals surface area (Å²) in [5, 5.41) is 5.46. The molecule has 2 aliphatic rings. The van der Waals surface area contributed by atoms with Crippen LogP contribution in [-0.2, 0) is 20.9 Å². The van der Waals surface area contributed by atoms with Crippen LogP contribution in [0, 0.1) is 0 Å². The average molecular weight is 449 g/mol. The first-order valence-corrected chi connectivity index (χ1v) is 12.0. The topological polar surface area (TPSA) is 66.8 Å². The van der Waals surface area contributed by atoms with Crippen LogP contribution >= 0.6 is 0 Å². The van der Waals surface area contributed by atoms with Crippen LogP contribution in [0.1, 0.15) is 26.7 Å². The molecule has 7 nitrogen and oxygen atoms in total. The Morgan fingerprint density at radius 1 is 1.06 bits per heavy atom. The molecule has 0 saturated carbocycles. The van der Waals surface area contributed by atoms with Crippen molar-refractivity contribution in [3.8, 4) is 0 Å². The predicted octanol–water partition coefficient (Wildman–Crippen LogP) is 3.46. The summed E-state index contributed by atoms with van der Waals surface area (Å²) in [6.45, 7) is 8.32. The molecule has 2 aromatic carbocycles. The van der Waals surface area contributed by atoms with E-state index in [1.165, 1.54) is 16.4 Å². The van der Waals surface area contributed by atoms with Gasteiger partial charge in [0.1, 0.15) is 6.10 Å². The first-order chi connectivity index (χ1) is 16.1. The molecule has 0 radical (unpaired) electrons. The molecule has 2 amide bonds. The normalized spacial score (nSPS) is 20.4. The molecule has 7 heteroatoms. The number of ether oxygens (including phenoxy) is 1. The number of amides is 2. The Kier molecular flexibility index (Phi) is 6.08. The molecule has 3 aromatic rings. The van der Waals surface area contributed by atoms with Gasteiger partial charge in [-0.2, -0.15) is 0 Å². The molecule has 2 atom stereocenters. The number of aryl methyl sites for hydroxylation is 1. The van der Waals surface area contributed by atoms with Gasteiger partial charge in [0.2, 0.25) is 5.91 Å². The number of fused-ring (bicyclic) bond motifs is 3. The van der Waals surface area contributed by atoms with Crippen LogP contribution in [-0.4, -0.2) is 71.1 Å². The van der Waals surface area contributed by atoms with E-state index in [1.807, 2.05) is 17.9 Å². The van der Waals surface area contributed by atoms with E-state index in [9.17, 15) is 9.59 Å². The van der Waals surface area contributed by atoms with Crippen molar-refractivity contribution >= 4 is 39.3 Å². The van der Waals surface area contributed by atoms with Gasteiger partial charge < -0.3 is 19.5 Å². The van der Waals surface area contributed by atoms with Gasteiger partial charge in [0.25, 0.3) is 5.91 Å². The number of aromatic nitrogens is 1. The molecular formula is C26H32N4O3. The standard InChI is InChI=1S/C26H32N4O3/c1-3-30-22-8-5-4-7-20(22)21-17-19(10-11-23(21)30)27-25(31)18(2)28-12-14-29(15-13-28)26(32)24-9-6-16-33-24/h4-5,7-8,10-11,17-18,24H,3,6,9,12-16H2,1-2H3,(H,27,31). The van der Waals surface area contributed by atoms with Gasteiger partial charge in [-0.3, -0.25) is 14.5 Å². The summed E-state index contributed by atoms with van der Waals surface area (Å²) in [6, 6.07) is 14.3. The van der Waals surface area contributed by atoms with Crippen molar-refractivity contribution in [3.05, 3.63) is 42.5 Å². The van der Waals surface area contributed by atoms with Crippen molar-refractivity contribution in [3.63, 3.8) is 0 Å². The van der Waals surface area contributed by atoms with Crippen LogP contribution in [0.4, 0.5) is 5.69 Å². The van der Waals surface area contributed by atoms with Crippen molar-refractivity contribution in [2.45, 2.75) is 45.4 Å². The number of nitrogens with zero attached hydrogens (tertiary/aromatic N) is 3. The van der Waals surface area contributed by atoms with Crippen LogP contribution in [0.15, 0.2) is 42.5 Å². The molecule has 3 heterocycles. The van der Waals surface area contributed by atoms with E-state index in [-0.39, 0.29) is 24.0 Å². The molecule has 1 aromatic heterocycles. The second-order valence-corrected chi connectivity index (χ2v) is 9.02. The zero-order valence-electron chi connectivity index (χ0n) is 19.4. The van der Waals surface area contributed by atoms with Gasteiger partial charge in [-0.25, -0.2) is 0 Å². The number of para-hydroxylation sites is 1. The van der Waals surface area contributed by atoms with Gasteiger partial charge in [-0.1, -0.05) is 18.2 Å². The largest absolute Gasteiger partial charge is 0.368 e. The van der Waals surface area contributed by atoms with E-state index >= 15 is 0 Å². The van der Waals surface area contributed by atoms with Crippen LogP contribution in [0.5, 0.6) is 0 Å². The Labute approximate surface area is 194 Å². The Morgan fingerprint density at radius 2 is 1.82 bits per heavy atom. The van der Waals surface area contributed by atoms with Crippen LogP contribution < -0.4 is 5.32 Å². The summed E-state index contributed by atoms with van der Waals surface area (Å²) in [5.74, 6) is 0.0799. The highest BCUT2D eigenvalue weighted by atomic mass is 16.5. The monoisotopic (exact) mass is 448 g/mol. The van der Waals surface area contributed by atoms with Crippen molar-refractivity contribution in [2.75, 3.05) is 38.1 Å². The van der Waals surface area contributed by atoms with Crippen LogP contribution in [0.3, 0.4) is 0 Å². The molecule has 0 bridgehead atoms. The third-order valence-electron chi connectivity index (χ3n) is 7.11. The highest BCUT2D eigenvalue weighted by Crippen LogP contribution is 2.31. The molecule has 0 spiro atoms. The lowest BCUT2D eigenvalue weighted by atomic mass is 10.1. The maximum atomic E-state index is 13.0. The zero-order valence-corrected chi connectivity index (χ0v) is 19.4. The molecule has 2 saturated heterocycles. The number of hydrogen-bond acceptors (Lipinski definition) is 4. The lowest BCUT2D eigenvalue weighted by molar-refractivity contribution is -0.143. The Hall–Kier alpha value is -2.90. The Morgan fingerprint density at radius 3 is 2.55 bits per heavy atom. The number of piperazine rings is 1. The van der Waals surface area contributed by atoms with Gasteiger partial charge in [-0.05, 0) is 51.0 Å². The number of carbonyl (C=O) groups excluding carboxylic acids is 2.